The Balaban J connectivity index is 1.85. The maximum absolute atomic E-state index is 5.92. The van der Waals surface area contributed by atoms with Gasteiger partial charge in [0.25, 0.3) is 0 Å². The van der Waals surface area contributed by atoms with Gasteiger partial charge < -0.3 is 15.0 Å². The fourth-order valence-electron chi connectivity index (χ4n) is 2.01. The van der Waals surface area contributed by atoms with Crippen LogP contribution in [0.3, 0.4) is 0 Å². The summed E-state index contributed by atoms with van der Waals surface area (Å²) in [4.78, 5) is 11.4. The third-order valence-corrected chi connectivity index (χ3v) is 2.88. The summed E-state index contributed by atoms with van der Waals surface area (Å²) in [6.45, 7) is 2.04. The summed E-state index contributed by atoms with van der Waals surface area (Å²) in [7, 11) is 0. The van der Waals surface area contributed by atoms with Crippen molar-refractivity contribution in [3.05, 3.63) is 18.6 Å². The van der Waals surface area contributed by atoms with Crippen LogP contribution in [-0.2, 0) is 0 Å². The van der Waals surface area contributed by atoms with Crippen molar-refractivity contribution in [1.82, 2.24) is 20.3 Å². The standard InChI is InChI=1S/C11H14N4O/c1-4-12-5-2-8(1)16-11-9-3-6-13-10(9)14-7-15-11/h3,6-8,12H,1-2,4-5H2,(H,13,14,15). The second kappa shape index (κ2) is 4.09. The van der Waals surface area contributed by atoms with E-state index in [-0.39, 0.29) is 6.10 Å². The monoisotopic (exact) mass is 218 g/mol. The number of rotatable bonds is 2. The molecule has 1 fully saturated rings. The van der Waals surface area contributed by atoms with Gasteiger partial charge in [-0.2, -0.15) is 0 Å². The highest BCUT2D eigenvalue weighted by Gasteiger charge is 2.16. The summed E-state index contributed by atoms with van der Waals surface area (Å²) in [6.07, 6.45) is 5.74. The van der Waals surface area contributed by atoms with Crippen molar-refractivity contribution in [2.45, 2.75) is 18.9 Å². The zero-order valence-corrected chi connectivity index (χ0v) is 8.94. The number of fused-ring (bicyclic) bond motifs is 1. The smallest absolute Gasteiger partial charge is 0.226 e. The maximum Gasteiger partial charge on any atom is 0.226 e. The van der Waals surface area contributed by atoms with Crippen LogP contribution in [0.25, 0.3) is 11.0 Å². The average Bonchev–Trinajstić information content (AvgIpc) is 2.80. The number of aromatic nitrogens is 3. The van der Waals surface area contributed by atoms with E-state index in [0.717, 1.165) is 37.0 Å². The highest BCUT2D eigenvalue weighted by molar-refractivity contribution is 5.80. The summed E-state index contributed by atoms with van der Waals surface area (Å²) >= 11 is 0. The molecule has 0 unspecified atom stereocenters. The minimum absolute atomic E-state index is 0.272. The third kappa shape index (κ3) is 1.74. The van der Waals surface area contributed by atoms with Crippen LogP contribution in [0.4, 0.5) is 0 Å². The lowest BCUT2D eigenvalue weighted by Gasteiger charge is -2.23. The van der Waals surface area contributed by atoms with E-state index in [1.807, 2.05) is 12.3 Å². The minimum atomic E-state index is 0.272. The fourth-order valence-corrected chi connectivity index (χ4v) is 2.01. The molecule has 0 atom stereocenters. The molecule has 5 heteroatoms. The molecule has 3 rings (SSSR count). The van der Waals surface area contributed by atoms with Crippen molar-refractivity contribution in [1.29, 1.82) is 0 Å². The molecule has 5 nitrogen and oxygen atoms in total. The first-order valence-electron chi connectivity index (χ1n) is 5.59. The zero-order chi connectivity index (χ0) is 10.8. The van der Waals surface area contributed by atoms with Crippen LogP contribution >= 0.6 is 0 Å². The van der Waals surface area contributed by atoms with Gasteiger partial charge in [-0.3, -0.25) is 0 Å². The fraction of sp³-hybridized carbons (Fsp3) is 0.455. The van der Waals surface area contributed by atoms with E-state index in [1.54, 1.807) is 0 Å². The minimum Gasteiger partial charge on any atom is -0.474 e. The summed E-state index contributed by atoms with van der Waals surface area (Å²) in [5, 5.41) is 4.27. The van der Waals surface area contributed by atoms with Crippen LogP contribution in [0.1, 0.15) is 12.8 Å². The van der Waals surface area contributed by atoms with E-state index >= 15 is 0 Å². The Bertz CT molecular complexity index is 476. The van der Waals surface area contributed by atoms with E-state index in [4.69, 9.17) is 4.74 Å². The molecule has 1 aliphatic rings. The molecule has 0 spiro atoms. The Kier molecular flexibility index (Phi) is 2.46. The number of hydrogen-bond acceptors (Lipinski definition) is 4. The topological polar surface area (TPSA) is 62.8 Å². The van der Waals surface area contributed by atoms with Gasteiger partial charge in [-0.1, -0.05) is 0 Å². The van der Waals surface area contributed by atoms with Crippen molar-refractivity contribution in [2.75, 3.05) is 13.1 Å². The van der Waals surface area contributed by atoms with Crippen molar-refractivity contribution < 1.29 is 4.74 Å². The molecule has 0 amide bonds. The van der Waals surface area contributed by atoms with E-state index < -0.39 is 0 Å². The normalized spacial score (nSPS) is 17.8. The van der Waals surface area contributed by atoms with E-state index in [9.17, 15) is 0 Å². The lowest BCUT2D eigenvalue weighted by atomic mass is 10.1. The number of hydrogen-bond donors (Lipinski definition) is 2. The highest BCUT2D eigenvalue weighted by atomic mass is 16.5. The lowest BCUT2D eigenvalue weighted by molar-refractivity contribution is 0.158. The molecule has 0 saturated carbocycles. The molecule has 16 heavy (non-hydrogen) atoms. The summed E-state index contributed by atoms with van der Waals surface area (Å²) in [6, 6.07) is 1.95. The van der Waals surface area contributed by atoms with Gasteiger partial charge in [-0.25, -0.2) is 9.97 Å². The molecule has 2 aromatic heterocycles. The van der Waals surface area contributed by atoms with Gasteiger partial charge in [0.05, 0.1) is 5.39 Å². The second-order valence-corrected chi connectivity index (χ2v) is 3.99. The number of piperidine rings is 1. The molecule has 0 aromatic carbocycles. The van der Waals surface area contributed by atoms with Gasteiger partial charge in [-0.05, 0) is 32.0 Å². The van der Waals surface area contributed by atoms with Crippen LogP contribution in [0.15, 0.2) is 18.6 Å². The van der Waals surface area contributed by atoms with Crippen molar-refractivity contribution in [3.8, 4) is 5.88 Å². The molecule has 1 aliphatic heterocycles. The maximum atomic E-state index is 5.92. The van der Waals surface area contributed by atoms with Gasteiger partial charge in [0, 0.05) is 6.20 Å². The molecular weight excluding hydrogens is 204 g/mol. The van der Waals surface area contributed by atoms with Crippen molar-refractivity contribution in [2.24, 2.45) is 0 Å². The summed E-state index contributed by atoms with van der Waals surface area (Å²) in [5.41, 5.74) is 0.832. The molecule has 3 heterocycles. The van der Waals surface area contributed by atoms with Crippen LogP contribution in [0.5, 0.6) is 5.88 Å². The zero-order valence-electron chi connectivity index (χ0n) is 8.94. The van der Waals surface area contributed by atoms with Crippen LogP contribution in [-0.4, -0.2) is 34.1 Å². The molecule has 0 bridgehead atoms. The van der Waals surface area contributed by atoms with Crippen LogP contribution in [0.2, 0.25) is 0 Å². The second-order valence-electron chi connectivity index (χ2n) is 3.99. The van der Waals surface area contributed by atoms with E-state index in [2.05, 4.69) is 20.3 Å². The van der Waals surface area contributed by atoms with Crippen molar-refractivity contribution in [3.63, 3.8) is 0 Å². The quantitative estimate of drug-likeness (QED) is 0.792. The van der Waals surface area contributed by atoms with E-state index in [0.29, 0.717) is 5.88 Å². The molecule has 0 aliphatic carbocycles. The molecule has 1 saturated heterocycles. The van der Waals surface area contributed by atoms with Crippen molar-refractivity contribution >= 4 is 11.0 Å². The number of ether oxygens (including phenoxy) is 1. The lowest BCUT2D eigenvalue weighted by Crippen LogP contribution is -2.34. The summed E-state index contributed by atoms with van der Waals surface area (Å²) < 4.78 is 5.92. The van der Waals surface area contributed by atoms with Gasteiger partial charge in [-0.15, -0.1) is 0 Å². The largest absolute Gasteiger partial charge is 0.474 e. The van der Waals surface area contributed by atoms with Crippen LogP contribution < -0.4 is 10.1 Å². The Hall–Kier alpha value is -1.62. The predicted molar refractivity (Wildman–Crippen MR) is 60.4 cm³/mol. The SMILES string of the molecule is c1nc(OC2CCNCC2)c2cc[nH]c2n1. The van der Waals surface area contributed by atoms with Crippen LogP contribution in [0, 0.1) is 0 Å². The molecule has 84 valence electrons. The van der Waals surface area contributed by atoms with Gasteiger partial charge in [0.1, 0.15) is 18.1 Å². The Morgan fingerprint density at radius 1 is 1.25 bits per heavy atom. The van der Waals surface area contributed by atoms with Gasteiger partial charge in [0.2, 0.25) is 5.88 Å². The number of nitrogens with zero attached hydrogens (tertiary/aromatic N) is 2. The average molecular weight is 218 g/mol. The van der Waals surface area contributed by atoms with E-state index in [1.165, 1.54) is 6.33 Å². The summed E-state index contributed by atoms with van der Waals surface area (Å²) in [5.74, 6) is 0.693. The predicted octanol–water partition coefficient (Wildman–Crippen LogP) is 1.09. The Morgan fingerprint density at radius 2 is 2.12 bits per heavy atom. The molecule has 2 aromatic rings. The Morgan fingerprint density at radius 3 is 3.00 bits per heavy atom. The third-order valence-electron chi connectivity index (χ3n) is 2.88. The first-order chi connectivity index (χ1) is 7.93. The first-order valence-corrected chi connectivity index (χ1v) is 5.59. The first kappa shape index (κ1) is 9.59. The number of aromatic amines is 1. The Labute approximate surface area is 93.2 Å². The molecule has 0 radical (unpaired) electrons. The highest BCUT2D eigenvalue weighted by Crippen LogP contribution is 2.22. The van der Waals surface area contributed by atoms with Gasteiger partial charge >= 0.3 is 0 Å². The molecule has 2 N–H and O–H groups in total. The number of H-pyrrole nitrogens is 1. The number of nitrogens with one attached hydrogen (secondary N) is 2. The van der Waals surface area contributed by atoms with Gasteiger partial charge in [0.15, 0.2) is 0 Å². The molecular formula is C11H14N4O.